The number of para-hydroxylation sites is 2. The molecule has 0 aliphatic heterocycles. The molecule has 128 valence electrons. The Kier molecular flexibility index (Phi) is 4.74. The van der Waals surface area contributed by atoms with Gasteiger partial charge in [0.2, 0.25) is 0 Å². The Labute approximate surface area is 143 Å². The minimum atomic E-state index is -0.541. The number of nitrogens with one attached hydrogen (secondary N) is 1. The van der Waals surface area contributed by atoms with Crippen molar-refractivity contribution in [3.05, 3.63) is 60.2 Å². The van der Waals surface area contributed by atoms with Crippen LogP contribution in [0.3, 0.4) is 0 Å². The van der Waals surface area contributed by atoms with Gasteiger partial charge in [0, 0.05) is 5.69 Å². The van der Waals surface area contributed by atoms with E-state index in [0.717, 1.165) is 11.0 Å². The molecular formula is C18H16FN3O3. The van der Waals surface area contributed by atoms with Gasteiger partial charge in [0.1, 0.15) is 18.2 Å². The molecule has 2 aromatic carbocycles. The van der Waals surface area contributed by atoms with Gasteiger partial charge < -0.3 is 14.6 Å². The highest BCUT2D eigenvalue weighted by Gasteiger charge is 2.13. The van der Waals surface area contributed by atoms with E-state index in [1.807, 2.05) is 24.3 Å². The maximum atomic E-state index is 12.8. The summed E-state index contributed by atoms with van der Waals surface area (Å²) in [6, 6.07) is 12.8. The van der Waals surface area contributed by atoms with Gasteiger partial charge in [-0.15, -0.1) is 0 Å². The van der Waals surface area contributed by atoms with E-state index in [4.69, 9.17) is 4.74 Å². The number of hydrogen-bond donors (Lipinski definition) is 1. The van der Waals surface area contributed by atoms with Gasteiger partial charge in [-0.1, -0.05) is 12.1 Å². The monoisotopic (exact) mass is 341 g/mol. The summed E-state index contributed by atoms with van der Waals surface area (Å²) in [6.45, 7) is 1.35. The van der Waals surface area contributed by atoms with E-state index in [1.165, 1.54) is 24.3 Å². The number of benzene rings is 2. The molecule has 0 spiro atoms. The van der Waals surface area contributed by atoms with E-state index in [1.54, 1.807) is 11.5 Å². The second-order valence-corrected chi connectivity index (χ2v) is 5.45. The van der Waals surface area contributed by atoms with E-state index < -0.39 is 24.3 Å². The Bertz CT molecular complexity index is 919. The number of esters is 1. The van der Waals surface area contributed by atoms with Gasteiger partial charge in [-0.2, -0.15) is 0 Å². The molecule has 6 nitrogen and oxygen atoms in total. The van der Waals surface area contributed by atoms with Gasteiger partial charge in [-0.05, 0) is 43.3 Å². The summed E-state index contributed by atoms with van der Waals surface area (Å²) in [4.78, 5) is 28.2. The lowest BCUT2D eigenvalue weighted by Gasteiger charge is -2.08. The van der Waals surface area contributed by atoms with Gasteiger partial charge in [0.25, 0.3) is 5.91 Å². The molecule has 25 heavy (non-hydrogen) atoms. The normalized spacial score (nSPS) is 10.6. The minimum absolute atomic E-state index is 0.0316. The van der Waals surface area contributed by atoms with Crippen LogP contribution in [0.25, 0.3) is 11.0 Å². The van der Waals surface area contributed by atoms with E-state index >= 15 is 0 Å². The van der Waals surface area contributed by atoms with Crippen LogP contribution >= 0.6 is 0 Å². The molecule has 1 aromatic heterocycles. The van der Waals surface area contributed by atoms with Gasteiger partial charge >= 0.3 is 5.97 Å². The van der Waals surface area contributed by atoms with Crippen LogP contribution in [0.2, 0.25) is 0 Å². The summed E-state index contributed by atoms with van der Waals surface area (Å²) in [7, 11) is 0. The first-order valence-corrected chi connectivity index (χ1v) is 7.66. The van der Waals surface area contributed by atoms with Crippen molar-refractivity contribution in [3.8, 4) is 0 Å². The van der Waals surface area contributed by atoms with Crippen molar-refractivity contribution in [2.75, 3.05) is 11.9 Å². The average Bonchev–Trinajstić information content (AvgIpc) is 2.91. The zero-order chi connectivity index (χ0) is 17.8. The Balaban J connectivity index is 1.56. The van der Waals surface area contributed by atoms with E-state index in [9.17, 15) is 14.0 Å². The van der Waals surface area contributed by atoms with Crippen LogP contribution in [-0.2, 0) is 20.9 Å². The number of fused-ring (bicyclic) bond motifs is 1. The van der Waals surface area contributed by atoms with Crippen LogP contribution in [0, 0.1) is 12.7 Å². The third-order valence-corrected chi connectivity index (χ3v) is 3.62. The van der Waals surface area contributed by atoms with Crippen LogP contribution in [0.5, 0.6) is 0 Å². The molecule has 0 atom stereocenters. The zero-order valence-corrected chi connectivity index (χ0v) is 13.5. The zero-order valence-electron chi connectivity index (χ0n) is 13.5. The molecule has 1 N–H and O–H groups in total. The lowest BCUT2D eigenvalue weighted by atomic mass is 10.3. The number of carbonyl (C=O) groups is 2. The number of hydrogen-bond acceptors (Lipinski definition) is 4. The summed E-state index contributed by atoms with van der Waals surface area (Å²) >= 11 is 0. The molecule has 7 heteroatoms. The number of aromatic nitrogens is 2. The fourth-order valence-electron chi connectivity index (χ4n) is 2.45. The molecule has 0 aliphatic carbocycles. The standard InChI is InChI=1S/C18H16FN3O3/c1-12-20-15-4-2-3-5-16(15)22(12)10-18(24)25-11-17(23)21-14-8-6-13(19)7-9-14/h2-9H,10-11H2,1H3,(H,21,23). The molecule has 3 rings (SSSR count). The maximum Gasteiger partial charge on any atom is 0.326 e. The van der Waals surface area contributed by atoms with Crippen molar-refractivity contribution in [3.63, 3.8) is 0 Å². The van der Waals surface area contributed by atoms with Crippen molar-refractivity contribution in [1.82, 2.24) is 9.55 Å². The topological polar surface area (TPSA) is 73.2 Å². The number of amides is 1. The minimum Gasteiger partial charge on any atom is -0.454 e. The number of nitrogens with zero attached hydrogens (tertiary/aromatic N) is 2. The molecule has 1 amide bonds. The number of carbonyl (C=O) groups excluding carboxylic acids is 2. The first-order valence-electron chi connectivity index (χ1n) is 7.66. The molecule has 0 fully saturated rings. The van der Waals surface area contributed by atoms with Crippen LogP contribution in [0.1, 0.15) is 5.82 Å². The summed E-state index contributed by atoms with van der Waals surface area (Å²) < 4.78 is 19.5. The summed E-state index contributed by atoms with van der Waals surface area (Å²) in [5.41, 5.74) is 2.05. The predicted molar refractivity (Wildman–Crippen MR) is 90.5 cm³/mol. The third kappa shape index (κ3) is 4.00. The summed E-state index contributed by atoms with van der Waals surface area (Å²) in [5, 5.41) is 2.52. The summed E-state index contributed by atoms with van der Waals surface area (Å²) in [5.74, 6) is -0.742. The number of ether oxygens (including phenoxy) is 1. The van der Waals surface area contributed by atoms with Crippen LogP contribution in [0.15, 0.2) is 48.5 Å². The lowest BCUT2D eigenvalue weighted by Crippen LogP contribution is -2.23. The smallest absolute Gasteiger partial charge is 0.326 e. The van der Waals surface area contributed by atoms with E-state index in [0.29, 0.717) is 11.5 Å². The lowest BCUT2D eigenvalue weighted by molar-refractivity contribution is -0.147. The number of imidazole rings is 1. The van der Waals surface area contributed by atoms with Gasteiger partial charge in [-0.25, -0.2) is 9.37 Å². The first-order chi connectivity index (χ1) is 12.0. The second-order valence-electron chi connectivity index (χ2n) is 5.45. The highest BCUT2D eigenvalue weighted by molar-refractivity contribution is 5.92. The quantitative estimate of drug-likeness (QED) is 0.724. The Morgan fingerprint density at radius 3 is 2.64 bits per heavy atom. The van der Waals surface area contributed by atoms with Crippen molar-refractivity contribution in [2.45, 2.75) is 13.5 Å². The molecule has 0 saturated carbocycles. The predicted octanol–water partition coefficient (Wildman–Crippen LogP) is 2.67. The van der Waals surface area contributed by atoms with Crippen molar-refractivity contribution in [2.24, 2.45) is 0 Å². The van der Waals surface area contributed by atoms with Crippen LogP contribution in [-0.4, -0.2) is 28.0 Å². The number of rotatable bonds is 5. The molecule has 1 heterocycles. The highest BCUT2D eigenvalue weighted by Crippen LogP contribution is 2.15. The van der Waals surface area contributed by atoms with Crippen molar-refractivity contribution < 1.29 is 18.7 Å². The van der Waals surface area contributed by atoms with Gasteiger partial charge in [-0.3, -0.25) is 9.59 Å². The van der Waals surface area contributed by atoms with Gasteiger partial charge in [0.05, 0.1) is 11.0 Å². The fraction of sp³-hybridized carbons (Fsp3) is 0.167. The highest BCUT2D eigenvalue weighted by atomic mass is 19.1. The van der Waals surface area contributed by atoms with Crippen LogP contribution in [0.4, 0.5) is 10.1 Å². The summed E-state index contributed by atoms with van der Waals surface area (Å²) in [6.07, 6.45) is 0. The molecule has 0 unspecified atom stereocenters. The second kappa shape index (κ2) is 7.12. The van der Waals surface area contributed by atoms with Crippen molar-refractivity contribution in [1.29, 1.82) is 0 Å². The SMILES string of the molecule is Cc1nc2ccccc2n1CC(=O)OCC(=O)Nc1ccc(F)cc1. The van der Waals surface area contributed by atoms with E-state index in [2.05, 4.69) is 10.3 Å². The molecule has 3 aromatic rings. The molecule has 0 radical (unpaired) electrons. The Morgan fingerprint density at radius 1 is 1.16 bits per heavy atom. The number of aryl methyl sites for hydroxylation is 1. The largest absolute Gasteiger partial charge is 0.454 e. The molecule has 0 aliphatic rings. The number of halogens is 1. The number of anilines is 1. The van der Waals surface area contributed by atoms with E-state index in [-0.39, 0.29) is 6.54 Å². The Hall–Kier alpha value is -3.22. The molecular weight excluding hydrogens is 325 g/mol. The maximum absolute atomic E-state index is 12.8. The van der Waals surface area contributed by atoms with Crippen molar-refractivity contribution >= 4 is 28.6 Å². The molecule has 0 saturated heterocycles. The first kappa shape index (κ1) is 16.6. The molecule has 0 bridgehead atoms. The fourth-order valence-corrected chi connectivity index (χ4v) is 2.45. The average molecular weight is 341 g/mol. The van der Waals surface area contributed by atoms with Crippen LogP contribution < -0.4 is 5.32 Å². The van der Waals surface area contributed by atoms with Gasteiger partial charge in [0.15, 0.2) is 6.61 Å². The third-order valence-electron chi connectivity index (χ3n) is 3.62. The Morgan fingerprint density at radius 2 is 1.88 bits per heavy atom.